The Morgan fingerprint density at radius 3 is 2.10 bits per heavy atom. The average molecular weight is 395 g/mol. The van der Waals surface area contributed by atoms with E-state index in [0.717, 1.165) is 11.1 Å². The number of aliphatic carboxylic acids is 1. The molecule has 0 spiro atoms. The standard InChI is InChI=1S/C23H25NO5/c25-21(26)15-9-11-23(28,12-10-15)14-24-22(27)29-13-20-18-7-3-1-5-16(18)17-6-2-4-8-19(17)20/h1-8,15,20,28H,9-14H2,(H,24,27)(H,25,26). The minimum absolute atomic E-state index is 0.0118. The van der Waals surface area contributed by atoms with Crippen molar-refractivity contribution < 1.29 is 24.5 Å². The quantitative estimate of drug-likeness (QED) is 0.720. The SMILES string of the molecule is O=C(NCC1(O)CCC(C(=O)O)CC1)OCC1c2ccccc2-c2ccccc21. The highest BCUT2D eigenvalue weighted by atomic mass is 16.5. The summed E-state index contributed by atoms with van der Waals surface area (Å²) in [5, 5.41) is 22.3. The number of alkyl carbamates (subject to hydrolysis) is 1. The Labute approximate surface area is 169 Å². The molecule has 0 bridgehead atoms. The number of carboxylic acid groups (broad SMARTS) is 1. The van der Waals surface area contributed by atoms with Gasteiger partial charge in [0.05, 0.1) is 11.5 Å². The van der Waals surface area contributed by atoms with Crippen LogP contribution < -0.4 is 5.32 Å². The van der Waals surface area contributed by atoms with Gasteiger partial charge in [-0.15, -0.1) is 0 Å². The van der Waals surface area contributed by atoms with Gasteiger partial charge in [-0.05, 0) is 47.9 Å². The summed E-state index contributed by atoms with van der Waals surface area (Å²) in [6.07, 6.45) is 0.970. The molecule has 0 aliphatic heterocycles. The van der Waals surface area contributed by atoms with E-state index in [9.17, 15) is 14.7 Å². The van der Waals surface area contributed by atoms with Gasteiger partial charge in [-0.2, -0.15) is 0 Å². The zero-order valence-corrected chi connectivity index (χ0v) is 16.1. The predicted molar refractivity (Wildman–Crippen MR) is 108 cm³/mol. The van der Waals surface area contributed by atoms with Crippen molar-refractivity contribution in [3.8, 4) is 11.1 Å². The first-order valence-corrected chi connectivity index (χ1v) is 10.0. The summed E-state index contributed by atoms with van der Waals surface area (Å²) in [4.78, 5) is 23.3. The highest BCUT2D eigenvalue weighted by Gasteiger charge is 2.36. The zero-order valence-electron chi connectivity index (χ0n) is 16.1. The third-order valence-corrected chi connectivity index (χ3v) is 6.17. The molecule has 1 amide bonds. The lowest BCUT2D eigenvalue weighted by atomic mass is 9.79. The number of carboxylic acids is 1. The monoisotopic (exact) mass is 395 g/mol. The fraction of sp³-hybridized carbons (Fsp3) is 0.391. The largest absolute Gasteiger partial charge is 0.481 e. The summed E-state index contributed by atoms with van der Waals surface area (Å²) in [6, 6.07) is 16.3. The summed E-state index contributed by atoms with van der Waals surface area (Å²) >= 11 is 0. The van der Waals surface area contributed by atoms with Crippen LogP contribution in [0.25, 0.3) is 11.1 Å². The molecule has 2 aliphatic rings. The number of ether oxygens (including phenoxy) is 1. The van der Waals surface area contributed by atoms with Gasteiger partial charge >= 0.3 is 12.1 Å². The molecule has 0 heterocycles. The van der Waals surface area contributed by atoms with Crippen molar-refractivity contribution in [3.63, 3.8) is 0 Å². The Hall–Kier alpha value is -2.86. The van der Waals surface area contributed by atoms with E-state index in [4.69, 9.17) is 9.84 Å². The van der Waals surface area contributed by atoms with Gasteiger partial charge in [0.25, 0.3) is 0 Å². The van der Waals surface area contributed by atoms with Crippen LogP contribution in [0.1, 0.15) is 42.7 Å². The number of fused-ring (bicyclic) bond motifs is 3. The smallest absolute Gasteiger partial charge is 0.407 e. The van der Waals surface area contributed by atoms with Crippen molar-refractivity contribution in [3.05, 3.63) is 59.7 Å². The fourth-order valence-corrected chi connectivity index (χ4v) is 4.47. The van der Waals surface area contributed by atoms with Gasteiger partial charge in [-0.25, -0.2) is 4.79 Å². The highest BCUT2D eigenvalue weighted by Crippen LogP contribution is 2.44. The normalized spacial score (nSPS) is 23.1. The number of rotatable bonds is 5. The Balaban J connectivity index is 1.33. The molecule has 6 nitrogen and oxygen atoms in total. The third-order valence-electron chi connectivity index (χ3n) is 6.17. The van der Waals surface area contributed by atoms with Crippen LogP contribution in [0.5, 0.6) is 0 Å². The van der Waals surface area contributed by atoms with Gasteiger partial charge in [0.2, 0.25) is 0 Å². The average Bonchev–Trinajstić information content (AvgIpc) is 3.05. The minimum atomic E-state index is -1.07. The molecule has 0 unspecified atom stereocenters. The van der Waals surface area contributed by atoms with Gasteiger partial charge in [0.1, 0.15) is 6.61 Å². The van der Waals surface area contributed by atoms with Crippen molar-refractivity contribution in [2.45, 2.75) is 37.2 Å². The lowest BCUT2D eigenvalue weighted by Gasteiger charge is -2.34. The van der Waals surface area contributed by atoms with Crippen LogP contribution in [-0.2, 0) is 9.53 Å². The molecule has 6 heteroatoms. The van der Waals surface area contributed by atoms with E-state index in [-0.39, 0.29) is 19.1 Å². The number of nitrogens with one attached hydrogen (secondary N) is 1. The number of amides is 1. The molecular formula is C23H25NO5. The second kappa shape index (κ2) is 7.87. The van der Waals surface area contributed by atoms with E-state index in [1.165, 1.54) is 11.1 Å². The zero-order chi connectivity index (χ0) is 20.4. The van der Waals surface area contributed by atoms with Crippen LogP contribution in [0, 0.1) is 5.92 Å². The lowest BCUT2D eigenvalue weighted by Crippen LogP contribution is -2.46. The Morgan fingerprint density at radius 2 is 1.55 bits per heavy atom. The molecule has 2 aromatic carbocycles. The molecule has 0 atom stereocenters. The van der Waals surface area contributed by atoms with Crippen LogP contribution >= 0.6 is 0 Å². The van der Waals surface area contributed by atoms with Gasteiger partial charge < -0.3 is 20.3 Å². The maximum Gasteiger partial charge on any atom is 0.407 e. The van der Waals surface area contributed by atoms with Crippen molar-refractivity contribution in [1.82, 2.24) is 5.32 Å². The van der Waals surface area contributed by atoms with E-state index in [2.05, 4.69) is 29.6 Å². The Kier molecular flexibility index (Phi) is 5.28. The molecule has 0 aromatic heterocycles. The first kappa shape index (κ1) is 19.5. The first-order valence-electron chi connectivity index (χ1n) is 10.0. The van der Waals surface area contributed by atoms with E-state index in [1.54, 1.807) is 0 Å². The topological polar surface area (TPSA) is 95.9 Å². The van der Waals surface area contributed by atoms with Crippen LogP contribution in [0.4, 0.5) is 4.79 Å². The van der Waals surface area contributed by atoms with Crippen LogP contribution in [-0.4, -0.2) is 41.0 Å². The van der Waals surface area contributed by atoms with Crippen molar-refractivity contribution >= 4 is 12.1 Å². The molecule has 29 heavy (non-hydrogen) atoms. The lowest BCUT2D eigenvalue weighted by molar-refractivity contribution is -0.144. The summed E-state index contributed by atoms with van der Waals surface area (Å²) in [5.41, 5.74) is 3.56. The summed E-state index contributed by atoms with van der Waals surface area (Å²) in [7, 11) is 0. The second-order valence-electron chi connectivity index (χ2n) is 8.02. The van der Waals surface area contributed by atoms with E-state index < -0.39 is 23.6 Å². The van der Waals surface area contributed by atoms with Crippen molar-refractivity contribution in [2.24, 2.45) is 5.92 Å². The predicted octanol–water partition coefficient (Wildman–Crippen LogP) is 3.53. The van der Waals surface area contributed by atoms with E-state index >= 15 is 0 Å². The van der Waals surface area contributed by atoms with Crippen molar-refractivity contribution in [2.75, 3.05) is 13.2 Å². The molecule has 2 aliphatic carbocycles. The third kappa shape index (κ3) is 3.98. The summed E-state index contributed by atoms with van der Waals surface area (Å²) in [5.74, 6) is -1.25. The number of carbonyl (C=O) groups excluding carboxylic acids is 1. The maximum atomic E-state index is 12.2. The molecule has 3 N–H and O–H groups in total. The van der Waals surface area contributed by atoms with Crippen molar-refractivity contribution in [1.29, 1.82) is 0 Å². The van der Waals surface area contributed by atoms with Crippen LogP contribution in [0.3, 0.4) is 0 Å². The number of benzene rings is 2. The summed E-state index contributed by atoms with van der Waals surface area (Å²) < 4.78 is 5.48. The molecule has 2 aromatic rings. The van der Waals surface area contributed by atoms with Crippen LogP contribution in [0.15, 0.2) is 48.5 Å². The van der Waals surface area contributed by atoms with Crippen LogP contribution in [0.2, 0.25) is 0 Å². The molecule has 152 valence electrons. The van der Waals surface area contributed by atoms with Gasteiger partial charge in [0.15, 0.2) is 0 Å². The Bertz CT molecular complexity index is 871. The van der Waals surface area contributed by atoms with Gasteiger partial charge in [-0.1, -0.05) is 48.5 Å². The number of hydrogen-bond acceptors (Lipinski definition) is 4. The Morgan fingerprint density at radius 1 is 1.00 bits per heavy atom. The number of carbonyl (C=O) groups is 2. The van der Waals surface area contributed by atoms with E-state index in [0.29, 0.717) is 25.7 Å². The van der Waals surface area contributed by atoms with Gasteiger partial charge in [0, 0.05) is 12.5 Å². The minimum Gasteiger partial charge on any atom is -0.481 e. The number of aliphatic hydroxyl groups is 1. The maximum absolute atomic E-state index is 12.2. The second-order valence-corrected chi connectivity index (χ2v) is 8.02. The molecule has 1 fully saturated rings. The molecule has 4 rings (SSSR count). The molecular weight excluding hydrogens is 370 g/mol. The molecule has 0 radical (unpaired) electrons. The molecule has 0 saturated heterocycles. The summed E-state index contributed by atoms with van der Waals surface area (Å²) in [6.45, 7) is 0.287. The van der Waals surface area contributed by atoms with Gasteiger partial charge in [-0.3, -0.25) is 4.79 Å². The first-order chi connectivity index (χ1) is 14.0. The highest BCUT2D eigenvalue weighted by molar-refractivity contribution is 5.79. The number of hydrogen-bond donors (Lipinski definition) is 3. The molecule has 1 saturated carbocycles. The van der Waals surface area contributed by atoms with E-state index in [1.807, 2.05) is 24.3 Å². The fourth-order valence-electron chi connectivity index (χ4n) is 4.47.